The van der Waals surface area contributed by atoms with Gasteiger partial charge in [-0.1, -0.05) is 35.1 Å². The van der Waals surface area contributed by atoms with Crippen LogP contribution in [0.4, 0.5) is 0 Å². The number of hydrogen-bond acceptors (Lipinski definition) is 6. The van der Waals surface area contributed by atoms with E-state index < -0.39 is 12.2 Å². The summed E-state index contributed by atoms with van der Waals surface area (Å²) in [6, 6.07) is 13.9. The predicted molar refractivity (Wildman–Crippen MR) is 86.0 cm³/mol. The normalized spacial score (nSPS) is 25.3. The van der Waals surface area contributed by atoms with Gasteiger partial charge in [0.25, 0.3) is 0 Å². The summed E-state index contributed by atoms with van der Waals surface area (Å²) in [5, 5.41) is 12.8. The van der Waals surface area contributed by atoms with Gasteiger partial charge in [-0.15, -0.1) is 0 Å². The molecule has 3 unspecified atom stereocenters. The first-order valence-electron chi connectivity index (χ1n) is 7.46. The third kappa shape index (κ3) is 2.73. The number of aliphatic hydroxyl groups excluding tert-OH is 1. The Morgan fingerprint density at radius 2 is 2.00 bits per heavy atom. The van der Waals surface area contributed by atoms with Gasteiger partial charge < -0.3 is 14.6 Å². The highest BCUT2D eigenvalue weighted by molar-refractivity contribution is 7.99. The van der Waals surface area contributed by atoms with Gasteiger partial charge >= 0.3 is 0 Å². The number of para-hydroxylation sites is 1. The lowest BCUT2D eigenvalue weighted by Gasteiger charge is -2.21. The molecule has 0 aliphatic carbocycles. The van der Waals surface area contributed by atoms with Gasteiger partial charge in [0.1, 0.15) is 24.1 Å². The molecule has 0 radical (unpaired) electrons. The van der Waals surface area contributed by atoms with Crippen LogP contribution < -0.4 is 4.74 Å². The first-order chi connectivity index (χ1) is 11.2. The molecule has 2 aliphatic heterocycles. The average Bonchev–Trinajstić information content (AvgIpc) is 2.94. The third-order valence-corrected chi connectivity index (χ3v) is 5.22. The van der Waals surface area contributed by atoms with Crippen molar-refractivity contribution in [3.63, 3.8) is 0 Å². The molecule has 5 nitrogen and oxygen atoms in total. The molecule has 3 atom stereocenters. The maximum absolute atomic E-state index is 10.4. The fourth-order valence-electron chi connectivity index (χ4n) is 2.93. The second kappa shape index (κ2) is 5.96. The summed E-state index contributed by atoms with van der Waals surface area (Å²) in [7, 11) is 0. The highest BCUT2D eigenvalue weighted by Crippen LogP contribution is 2.48. The molecule has 2 aromatic rings. The Bertz CT molecular complexity index is 751. The Hall–Kier alpha value is -1.89. The Morgan fingerprint density at radius 1 is 1.17 bits per heavy atom. The zero-order valence-corrected chi connectivity index (χ0v) is 13.0. The molecule has 0 saturated carbocycles. The van der Waals surface area contributed by atoms with Crippen LogP contribution in [0.2, 0.25) is 0 Å². The number of aliphatic hydroxyl groups is 1. The van der Waals surface area contributed by atoms with E-state index in [0.717, 1.165) is 26.9 Å². The molecule has 2 aromatic carbocycles. The van der Waals surface area contributed by atoms with Crippen LogP contribution in [0.5, 0.6) is 11.5 Å². The van der Waals surface area contributed by atoms with E-state index in [1.165, 1.54) is 0 Å². The highest BCUT2D eigenvalue weighted by atomic mass is 32.2. The van der Waals surface area contributed by atoms with Crippen molar-refractivity contribution < 1.29 is 14.6 Å². The quantitative estimate of drug-likeness (QED) is 0.738. The number of nitrogens with zero attached hydrogens (tertiary/aromatic N) is 1. The number of ether oxygens (including phenoxy) is 2. The molecule has 1 saturated heterocycles. The standard InChI is InChI=1S/C17H15NO4S/c19-11-8-13(22-15(11)9-18-20)10-5-6-17-14(7-10)21-12-3-1-2-4-16(12)23-17/h1-7,11,13,15,19H,8-9H2. The van der Waals surface area contributed by atoms with Crippen LogP contribution in [-0.2, 0) is 4.74 Å². The van der Waals surface area contributed by atoms with Crippen molar-refractivity contribution in [1.82, 2.24) is 0 Å². The first kappa shape index (κ1) is 14.7. The summed E-state index contributed by atoms with van der Waals surface area (Å²) < 4.78 is 11.7. The minimum atomic E-state index is -0.662. The average molecular weight is 329 g/mol. The Kier molecular flexibility index (Phi) is 3.80. The summed E-state index contributed by atoms with van der Waals surface area (Å²) in [6.07, 6.45) is -0.968. The fraction of sp³-hybridized carbons (Fsp3) is 0.294. The zero-order valence-electron chi connectivity index (χ0n) is 12.2. The smallest absolute Gasteiger partial charge is 0.141 e. The number of benzene rings is 2. The van der Waals surface area contributed by atoms with Crippen molar-refractivity contribution in [2.45, 2.75) is 34.5 Å². The summed E-state index contributed by atoms with van der Waals surface area (Å²) in [5.74, 6) is 1.64. The van der Waals surface area contributed by atoms with Crippen molar-refractivity contribution in [3.05, 3.63) is 52.9 Å². The van der Waals surface area contributed by atoms with E-state index in [9.17, 15) is 10.0 Å². The van der Waals surface area contributed by atoms with Crippen LogP contribution in [-0.4, -0.2) is 23.9 Å². The van der Waals surface area contributed by atoms with Crippen molar-refractivity contribution in [2.24, 2.45) is 5.18 Å². The molecular weight excluding hydrogens is 314 g/mol. The molecule has 118 valence electrons. The van der Waals surface area contributed by atoms with E-state index in [1.54, 1.807) is 11.8 Å². The number of nitroso groups, excluding NO2 is 1. The molecular formula is C17H15NO4S. The lowest BCUT2D eigenvalue weighted by molar-refractivity contribution is 0.0156. The van der Waals surface area contributed by atoms with E-state index in [-0.39, 0.29) is 12.6 Å². The van der Waals surface area contributed by atoms with Crippen LogP contribution in [0.3, 0.4) is 0 Å². The van der Waals surface area contributed by atoms with Crippen molar-refractivity contribution in [2.75, 3.05) is 6.54 Å². The molecule has 6 heteroatoms. The fourth-order valence-corrected chi connectivity index (χ4v) is 3.86. The lowest BCUT2D eigenvalue weighted by Crippen LogP contribution is -2.23. The van der Waals surface area contributed by atoms with Crippen LogP contribution in [0.1, 0.15) is 18.1 Å². The maximum atomic E-state index is 10.4. The van der Waals surface area contributed by atoms with E-state index in [4.69, 9.17) is 9.47 Å². The highest BCUT2D eigenvalue weighted by Gasteiger charge is 2.35. The molecule has 23 heavy (non-hydrogen) atoms. The molecule has 2 heterocycles. The Balaban J connectivity index is 1.58. The zero-order chi connectivity index (χ0) is 15.8. The molecule has 1 N–H and O–H groups in total. The van der Waals surface area contributed by atoms with Crippen LogP contribution in [0.25, 0.3) is 0 Å². The Morgan fingerprint density at radius 3 is 2.87 bits per heavy atom. The van der Waals surface area contributed by atoms with E-state index in [0.29, 0.717) is 6.42 Å². The van der Waals surface area contributed by atoms with Gasteiger partial charge in [0.05, 0.1) is 22.0 Å². The minimum Gasteiger partial charge on any atom is -0.455 e. The van der Waals surface area contributed by atoms with Crippen LogP contribution >= 0.6 is 11.8 Å². The van der Waals surface area contributed by atoms with Gasteiger partial charge in [-0.05, 0) is 29.8 Å². The molecule has 2 aliphatic rings. The van der Waals surface area contributed by atoms with Gasteiger partial charge in [0.2, 0.25) is 0 Å². The topological polar surface area (TPSA) is 68.1 Å². The van der Waals surface area contributed by atoms with Gasteiger partial charge in [-0.2, -0.15) is 4.91 Å². The summed E-state index contributed by atoms with van der Waals surface area (Å²) in [4.78, 5) is 12.5. The molecule has 0 bridgehead atoms. The van der Waals surface area contributed by atoms with E-state index >= 15 is 0 Å². The Labute approximate surface area is 137 Å². The second-order valence-electron chi connectivity index (χ2n) is 5.63. The van der Waals surface area contributed by atoms with Crippen molar-refractivity contribution in [1.29, 1.82) is 0 Å². The van der Waals surface area contributed by atoms with Gasteiger partial charge in [0, 0.05) is 6.42 Å². The predicted octanol–water partition coefficient (Wildman–Crippen LogP) is 3.90. The van der Waals surface area contributed by atoms with Crippen LogP contribution in [0, 0.1) is 4.91 Å². The van der Waals surface area contributed by atoms with Gasteiger partial charge in [0.15, 0.2) is 0 Å². The SMILES string of the molecule is O=NCC1OC(c2ccc3c(c2)Oc2ccccc2S3)CC1O. The summed E-state index contributed by atoms with van der Waals surface area (Å²) in [5.41, 5.74) is 0.941. The summed E-state index contributed by atoms with van der Waals surface area (Å²) >= 11 is 1.67. The number of rotatable bonds is 3. The second-order valence-corrected chi connectivity index (χ2v) is 6.72. The lowest BCUT2D eigenvalue weighted by atomic mass is 10.0. The van der Waals surface area contributed by atoms with E-state index in [1.807, 2.05) is 42.5 Å². The largest absolute Gasteiger partial charge is 0.455 e. The minimum absolute atomic E-state index is 0.0255. The van der Waals surface area contributed by atoms with E-state index in [2.05, 4.69) is 5.18 Å². The molecule has 0 spiro atoms. The molecule has 0 aromatic heterocycles. The van der Waals surface area contributed by atoms with Crippen molar-refractivity contribution in [3.8, 4) is 11.5 Å². The number of hydrogen-bond donors (Lipinski definition) is 1. The molecule has 0 amide bonds. The maximum Gasteiger partial charge on any atom is 0.141 e. The molecule has 4 rings (SSSR count). The third-order valence-electron chi connectivity index (χ3n) is 4.11. The monoisotopic (exact) mass is 329 g/mol. The van der Waals surface area contributed by atoms with Gasteiger partial charge in [-0.25, -0.2) is 0 Å². The first-order valence-corrected chi connectivity index (χ1v) is 8.27. The number of fused-ring (bicyclic) bond motifs is 2. The molecule has 1 fully saturated rings. The van der Waals surface area contributed by atoms with Crippen LogP contribution in [0.15, 0.2) is 57.4 Å². The van der Waals surface area contributed by atoms with Crippen molar-refractivity contribution >= 4 is 11.8 Å². The van der Waals surface area contributed by atoms with Gasteiger partial charge in [-0.3, -0.25) is 0 Å². The summed E-state index contributed by atoms with van der Waals surface area (Å²) in [6.45, 7) is -0.0255.